The van der Waals surface area contributed by atoms with Crippen LogP contribution in [-0.2, 0) is 15.0 Å². The number of amides is 1. The van der Waals surface area contributed by atoms with Crippen molar-refractivity contribution < 1.29 is 17.6 Å². The maximum atomic E-state index is 14.4. The van der Waals surface area contributed by atoms with Gasteiger partial charge in [0.1, 0.15) is 12.4 Å². The van der Waals surface area contributed by atoms with Crippen LogP contribution >= 0.6 is 0 Å². The number of para-hydroxylation sites is 1. The highest BCUT2D eigenvalue weighted by atomic mass is 32.2. The van der Waals surface area contributed by atoms with E-state index in [0.717, 1.165) is 25.8 Å². The predicted octanol–water partition coefficient (Wildman–Crippen LogP) is 3.34. The van der Waals surface area contributed by atoms with Crippen LogP contribution in [0.15, 0.2) is 84.9 Å². The lowest BCUT2D eigenvalue weighted by molar-refractivity contribution is -0.120. The molecule has 0 aromatic heterocycles. The lowest BCUT2D eigenvalue weighted by Crippen LogP contribution is -2.46. The molecule has 0 atom stereocenters. The quantitative estimate of drug-likeness (QED) is 0.583. The predicted molar refractivity (Wildman–Crippen MR) is 119 cm³/mol. The van der Waals surface area contributed by atoms with Crippen molar-refractivity contribution in [2.75, 3.05) is 24.9 Å². The van der Waals surface area contributed by atoms with Gasteiger partial charge in [0, 0.05) is 14.1 Å². The van der Waals surface area contributed by atoms with Crippen molar-refractivity contribution in [3.05, 3.63) is 102 Å². The first-order chi connectivity index (χ1) is 14.8. The number of nitrogens with one attached hydrogen (secondary N) is 1. The zero-order valence-electron chi connectivity index (χ0n) is 17.3. The highest BCUT2D eigenvalue weighted by molar-refractivity contribution is 7.90. The molecule has 0 aliphatic rings. The smallest absolute Gasteiger partial charge is 0.304 e. The summed E-state index contributed by atoms with van der Waals surface area (Å²) in [6, 6.07) is 23.7. The summed E-state index contributed by atoms with van der Waals surface area (Å²) in [5, 5.41) is 2.89. The van der Waals surface area contributed by atoms with Gasteiger partial charge in [-0.15, -0.1) is 0 Å². The number of halogens is 1. The maximum absolute atomic E-state index is 14.4. The summed E-state index contributed by atoms with van der Waals surface area (Å²) >= 11 is 0. The van der Waals surface area contributed by atoms with Gasteiger partial charge in [0.25, 0.3) is 0 Å². The van der Waals surface area contributed by atoms with E-state index < -0.39 is 34.5 Å². The molecule has 1 N–H and O–H groups in total. The number of hydrogen-bond acceptors (Lipinski definition) is 3. The number of carbonyl (C=O) groups excluding carboxylic acids is 1. The van der Waals surface area contributed by atoms with E-state index in [-0.39, 0.29) is 5.69 Å². The molecule has 1 amide bonds. The summed E-state index contributed by atoms with van der Waals surface area (Å²) in [5.74, 6) is -1.30. The van der Waals surface area contributed by atoms with Gasteiger partial charge in [-0.2, -0.15) is 12.7 Å². The van der Waals surface area contributed by atoms with E-state index in [9.17, 15) is 17.6 Å². The molecule has 8 heteroatoms. The molecule has 0 unspecified atom stereocenters. The van der Waals surface area contributed by atoms with Crippen LogP contribution in [0.1, 0.15) is 17.2 Å². The third-order valence-corrected chi connectivity index (χ3v) is 6.53. The van der Waals surface area contributed by atoms with Gasteiger partial charge in [-0.3, -0.25) is 4.79 Å². The molecule has 0 aliphatic heterocycles. The highest BCUT2D eigenvalue weighted by Gasteiger charge is 2.30. The average molecular weight is 442 g/mol. The first-order valence-electron chi connectivity index (χ1n) is 9.64. The molecular formula is C23H24FN3O3S. The molecule has 0 heterocycles. The minimum Gasteiger partial charge on any atom is -0.344 e. The Hall–Kier alpha value is -3.23. The van der Waals surface area contributed by atoms with Gasteiger partial charge in [-0.05, 0) is 23.3 Å². The van der Waals surface area contributed by atoms with E-state index in [1.54, 1.807) is 0 Å². The van der Waals surface area contributed by atoms with Gasteiger partial charge < -0.3 is 5.32 Å². The van der Waals surface area contributed by atoms with Gasteiger partial charge in [0.15, 0.2) is 0 Å². The van der Waals surface area contributed by atoms with E-state index in [1.807, 2.05) is 60.7 Å². The molecule has 0 aliphatic carbocycles. The largest absolute Gasteiger partial charge is 0.344 e. The Kier molecular flexibility index (Phi) is 7.04. The molecule has 0 saturated heterocycles. The van der Waals surface area contributed by atoms with Crippen LogP contribution in [0.5, 0.6) is 0 Å². The topological polar surface area (TPSA) is 69.7 Å². The highest BCUT2D eigenvalue weighted by Crippen LogP contribution is 2.24. The first kappa shape index (κ1) is 22.5. The van der Waals surface area contributed by atoms with Crippen molar-refractivity contribution in [2.24, 2.45) is 0 Å². The molecular weight excluding hydrogens is 417 g/mol. The van der Waals surface area contributed by atoms with Crippen molar-refractivity contribution in [3.63, 3.8) is 0 Å². The van der Waals surface area contributed by atoms with Gasteiger partial charge in [0.05, 0.1) is 11.7 Å². The Balaban J connectivity index is 1.93. The number of nitrogens with zero attached hydrogens (tertiary/aromatic N) is 2. The molecule has 162 valence electrons. The molecule has 6 nitrogen and oxygen atoms in total. The normalized spacial score (nSPS) is 11.5. The third kappa shape index (κ3) is 5.28. The fraction of sp³-hybridized carbons (Fsp3) is 0.174. The van der Waals surface area contributed by atoms with Gasteiger partial charge >= 0.3 is 10.2 Å². The van der Waals surface area contributed by atoms with E-state index in [1.165, 1.54) is 32.3 Å². The SMILES string of the molecule is CN(C)S(=O)(=O)N(CC(=O)NC(c1ccccc1)c1ccccc1)c1ccccc1F. The Morgan fingerprint density at radius 2 is 1.35 bits per heavy atom. The van der Waals surface area contributed by atoms with Crippen LogP contribution < -0.4 is 9.62 Å². The lowest BCUT2D eigenvalue weighted by atomic mass is 9.99. The second kappa shape index (κ2) is 9.72. The molecule has 0 radical (unpaired) electrons. The first-order valence-corrected chi connectivity index (χ1v) is 11.0. The second-order valence-electron chi connectivity index (χ2n) is 7.07. The number of benzene rings is 3. The zero-order chi connectivity index (χ0) is 22.4. The van der Waals surface area contributed by atoms with Crippen LogP contribution in [0, 0.1) is 5.82 Å². The number of carbonyl (C=O) groups is 1. The number of rotatable bonds is 8. The van der Waals surface area contributed by atoms with Gasteiger partial charge in [-0.25, -0.2) is 8.70 Å². The van der Waals surface area contributed by atoms with Crippen molar-refractivity contribution >= 4 is 21.8 Å². The van der Waals surface area contributed by atoms with E-state index in [0.29, 0.717) is 0 Å². The average Bonchev–Trinajstić information content (AvgIpc) is 2.77. The summed E-state index contributed by atoms with van der Waals surface area (Å²) in [5.41, 5.74) is 1.49. The van der Waals surface area contributed by atoms with Gasteiger partial charge in [-0.1, -0.05) is 72.8 Å². The minimum absolute atomic E-state index is 0.192. The van der Waals surface area contributed by atoms with Crippen molar-refractivity contribution in [1.82, 2.24) is 9.62 Å². The second-order valence-corrected chi connectivity index (χ2v) is 9.14. The summed E-state index contributed by atoms with van der Waals surface area (Å²) in [6.45, 7) is -0.572. The van der Waals surface area contributed by atoms with Crippen LogP contribution in [0.4, 0.5) is 10.1 Å². The van der Waals surface area contributed by atoms with Gasteiger partial charge in [0.2, 0.25) is 5.91 Å². The summed E-state index contributed by atoms with van der Waals surface area (Å²) < 4.78 is 41.8. The van der Waals surface area contributed by atoms with E-state index in [2.05, 4.69) is 5.32 Å². The molecule has 0 fully saturated rings. The Labute approximate surface area is 182 Å². The Morgan fingerprint density at radius 3 is 1.84 bits per heavy atom. The van der Waals surface area contributed by atoms with E-state index >= 15 is 0 Å². The monoisotopic (exact) mass is 441 g/mol. The van der Waals surface area contributed by atoms with Crippen molar-refractivity contribution in [2.45, 2.75) is 6.04 Å². The molecule has 0 saturated carbocycles. The summed E-state index contributed by atoms with van der Waals surface area (Å²) in [7, 11) is -1.45. The summed E-state index contributed by atoms with van der Waals surface area (Å²) in [4.78, 5) is 13.0. The molecule has 0 bridgehead atoms. The molecule has 31 heavy (non-hydrogen) atoms. The molecule has 0 spiro atoms. The fourth-order valence-corrected chi connectivity index (χ4v) is 4.20. The van der Waals surface area contributed by atoms with Crippen LogP contribution in [0.3, 0.4) is 0 Å². The summed E-state index contributed by atoms with van der Waals surface area (Å²) in [6.07, 6.45) is 0. The number of anilines is 1. The molecule has 3 rings (SSSR count). The van der Waals surface area contributed by atoms with E-state index in [4.69, 9.17) is 0 Å². The zero-order valence-corrected chi connectivity index (χ0v) is 18.1. The standard InChI is InChI=1S/C23H24FN3O3S/c1-26(2)31(29,30)27(21-16-10-9-15-20(21)24)17-22(28)25-23(18-11-5-3-6-12-18)19-13-7-4-8-14-19/h3-16,23H,17H2,1-2H3,(H,25,28). The van der Waals surface area contributed by atoms with Crippen molar-refractivity contribution in [3.8, 4) is 0 Å². The lowest BCUT2D eigenvalue weighted by Gasteiger charge is -2.28. The van der Waals surface area contributed by atoms with Crippen LogP contribution in [0.2, 0.25) is 0 Å². The maximum Gasteiger partial charge on any atom is 0.304 e. The Morgan fingerprint density at radius 1 is 0.871 bits per heavy atom. The molecule has 3 aromatic carbocycles. The third-order valence-electron chi connectivity index (χ3n) is 4.72. The van der Waals surface area contributed by atoms with Crippen molar-refractivity contribution in [1.29, 1.82) is 0 Å². The fourth-order valence-electron chi connectivity index (χ4n) is 3.13. The Bertz CT molecular complexity index is 1080. The van der Waals surface area contributed by atoms with Crippen LogP contribution in [-0.4, -0.2) is 39.3 Å². The molecule has 3 aromatic rings. The number of hydrogen-bond donors (Lipinski definition) is 1. The minimum atomic E-state index is -4.11. The van der Waals surface area contributed by atoms with Crippen LogP contribution in [0.25, 0.3) is 0 Å².